The lowest BCUT2D eigenvalue weighted by Crippen LogP contribution is -2.46. The average Bonchev–Trinajstić information content (AvgIpc) is 2.87. The van der Waals surface area contributed by atoms with E-state index in [9.17, 15) is 4.79 Å². The Morgan fingerprint density at radius 2 is 2.16 bits per heavy atom. The standard InChI is InChI=1S/C13H22N4OS/c1-4-11-12(19-16-15-11)13(18)14-10-5-7-17(8-6-10)9(2)3/h9-10H,4-8H2,1-3H3,(H,14,18). The fourth-order valence-corrected chi connectivity index (χ4v) is 3.08. The number of carbonyl (C=O) groups is 1. The molecule has 0 atom stereocenters. The molecule has 106 valence electrons. The topological polar surface area (TPSA) is 58.1 Å². The van der Waals surface area contributed by atoms with Crippen LogP contribution in [0, 0.1) is 0 Å². The third-order valence-corrected chi connectivity index (χ3v) is 4.46. The smallest absolute Gasteiger partial charge is 0.265 e. The van der Waals surface area contributed by atoms with Gasteiger partial charge in [0.15, 0.2) is 0 Å². The molecule has 2 rings (SSSR count). The largest absolute Gasteiger partial charge is 0.348 e. The van der Waals surface area contributed by atoms with Crippen LogP contribution in [0.25, 0.3) is 0 Å². The highest BCUT2D eigenvalue weighted by Gasteiger charge is 2.24. The van der Waals surface area contributed by atoms with Gasteiger partial charge < -0.3 is 10.2 Å². The number of nitrogens with zero attached hydrogens (tertiary/aromatic N) is 3. The number of likely N-dealkylation sites (tertiary alicyclic amines) is 1. The summed E-state index contributed by atoms with van der Waals surface area (Å²) in [4.78, 5) is 15.3. The van der Waals surface area contributed by atoms with Crippen LogP contribution in [0.4, 0.5) is 0 Å². The molecule has 0 saturated carbocycles. The first-order valence-electron chi connectivity index (χ1n) is 6.98. The number of amides is 1. The first-order valence-corrected chi connectivity index (χ1v) is 7.75. The zero-order chi connectivity index (χ0) is 13.8. The number of aromatic nitrogens is 2. The lowest BCUT2D eigenvalue weighted by molar-refractivity contribution is 0.0903. The molecule has 0 bridgehead atoms. The quantitative estimate of drug-likeness (QED) is 0.913. The Bertz CT molecular complexity index is 424. The second kappa shape index (κ2) is 6.43. The minimum Gasteiger partial charge on any atom is -0.348 e. The third kappa shape index (κ3) is 3.51. The summed E-state index contributed by atoms with van der Waals surface area (Å²) in [5.74, 6) is -0.00477. The molecule has 0 spiro atoms. The van der Waals surface area contributed by atoms with Gasteiger partial charge in [-0.25, -0.2) is 0 Å². The lowest BCUT2D eigenvalue weighted by Gasteiger charge is -2.34. The van der Waals surface area contributed by atoms with Gasteiger partial charge in [0.25, 0.3) is 5.91 Å². The van der Waals surface area contributed by atoms with E-state index >= 15 is 0 Å². The molecule has 2 heterocycles. The van der Waals surface area contributed by atoms with Crippen LogP contribution in [0.3, 0.4) is 0 Å². The number of hydrogen-bond donors (Lipinski definition) is 1. The Balaban J connectivity index is 1.87. The maximum atomic E-state index is 12.2. The molecule has 1 aromatic rings. The van der Waals surface area contributed by atoms with Crippen LogP contribution >= 0.6 is 11.5 Å². The van der Waals surface area contributed by atoms with E-state index in [2.05, 4.69) is 33.7 Å². The molecule has 1 aliphatic rings. The number of hydrogen-bond acceptors (Lipinski definition) is 5. The summed E-state index contributed by atoms with van der Waals surface area (Å²) in [6.07, 6.45) is 2.81. The molecule has 1 saturated heterocycles. The molecule has 1 aromatic heterocycles. The predicted octanol–water partition coefficient (Wildman–Crippen LogP) is 1.70. The predicted molar refractivity (Wildman–Crippen MR) is 76.5 cm³/mol. The van der Waals surface area contributed by atoms with E-state index in [0.717, 1.165) is 38.0 Å². The van der Waals surface area contributed by atoms with Crippen molar-refractivity contribution in [3.05, 3.63) is 10.6 Å². The number of rotatable bonds is 4. The molecular weight excluding hydrogens is 260 g/mol. The summed E-state index contributed by atoms with van der Waals surface area (Å²) >= 11 is 1.19. The van der Waals surface area contributed by atoms with E-state index in [1.807, 2.05) is 6.92 Å². The van der Waals surface area contributed by atoms with Gasteiger partial charge in [-0.2, -0.15) is 0 Å². The summed E-state index contributed by atoms with van der Waals surface area (Å²) < 4.78 is 3.86. The first-order chi connectivity index (χ1) is 9.11. The Morgan fingerprint density at radius 3 is 2.74 bits per heavy atom. The summed E-state index contributed by atoms with van der Waals surface area (Å²) in [7, 11) is 0. The van der Waals surface area contributed by atoms with Crippen LogP contribution in [-0.4, -0.2) is 45.6 Å². The van der Waals surface area contributed by atoms with Crippen LogP contribution in [0.1, 0.15) is 49.0 Å². The Hall–Kier alpha value is -1.01. The molecule has 0 aromatic carbocycles. The zero-order valence-corrected chi connectivity index (χ0v) is 12.7. The Kier molecular flexibility index (Phi) is 4.87. The molecule has 6 heteroatoms. The van der Waals surface area contributed by atoms with Crippen LogP contribution in [-0.2, 0) is 6.42 Å². The van der Waals surface area contributed by atoms with Crippen molar-refractivity contribution in [1.29, 1.82) is 0 Å². The maximum absolute atomic E-state index is 12.2. The van der Waals surface area contributed by atoms with Crippen molar-refractivity contribution in [1.82, 2.24) is 19.8 Å². The van der Waals surface area contributed by atoms with Gasteiger partial charge in [0.2, 0.25) is 0 Å². The average molecular weight is 282 g/mol. The zero-order valence-electron chi connectivity index (χ0n) is 11.8. The molecule has 1 N–H and O–H groups in total. The number of aryl methyl sites for hydroxylation is 1. The van der Waals surface area contributed by atoms with Crippen LogP contribution in [0.2, 0.25) is 0 Å². The van der Waals surface area contributed by atoms with E-state index in [-0.39, 0.29) is 11.9 Å². The van der Waals surface area contributed by atoms with Gasteiger partial charge in [0, 0.05) is 25.2 Å². The summed E-state index contributed by atoms with van der Waals surface area (Å²) in [6.45, 7) is 8.55. The van der Waals surface area contributed by atoms with Gasteiger partial charge >= 0.3 is 0 Å². The lowest BCUT2D eigenvalue weighted by atomic mass is 10.0. The monoisotopic (exact) mass is 282 g/mol. The van der Waals surface area contributed by atoms with Crippen molar-refractivity contribution < 1.29 is 4.79 Å². The van der Waals surface area contributed by atoms with Crippen molar-refractivity contribution in [3.8, 4) is 0 Å². The summed E-state index contributed by atoms with van der Waals surface area (Å²) in [6, 6.07) is 0.878. The van der Waals surface area contributed by atoms with E-state index in [0.29, 0.717) is 10.9 Å². The number of nitrogens with one attached hydrogen (secondary N) is 1. The van der Waals surface area contributed by atoms with Crippen molar-refractivity contribution in [3.63, 3.8) is 0 Å². The highest BCUT2D eigenvalue weighted by molar-refractivity contribution is 7.08. The fourth-order valence-electron chi connectivity index (χ4n) is 2.42. The number of carbonyl (C=O) groups excluding carboxylic acids is 1. The second-order valence-electron chi connectivity index (χ2n) is 5.28. The maximum Gasteiger partial charge on any atom is 0.265 e. The summed E-state index contributed by atoms with van der Waals surface area (Å²) in [5.41, 5.74) is 0.808. The van der Waals surface area contributed by atoms with Crippen molar-refractivity contribution in [2.24, 2.45) is 0 Å². The Labute approximate surface area is 118 Å². The SMILES string of the molecule is CCc1nnsc1C(=O)NC1CCN(C(C)C)CC1. The molecule has 5 nitrogen and oxygen atoms in total. The molecule has 1 amide bonds. The van der Waals surface area contributed by atoms with Crippen molar-refractivity contribution >= 4 is 17.4 Å². The molecular formula is C13H22N4OS. The molecule has 0 radical (unpaired) electrons. The molecule has 0 aliphatic carbocycles. The van der Waals surface area contributed by atoms with Crippen LogP contribution in [0.5, 0.6) is 0 Å². The van der Waals surface area contributed by atoms with Gasteiger partial charge in [0.1, 0.15) is 4.88 Å². The van der Waals surface area contributed by atoms with Gasteiger partial charge in [-0.1, -0.05) is 11.4 Å². The van der Waals surface area contributed by atoms with E-state index in [4.69, 9.17) is 0 Å². The summed E-state index contributed by atoms with van der Waals surface area (Å²) in [5, 5.41) is 7.10. The van der Waals surface area contributed by atoms with Gasteiger partial charge in [-0.05, 0) is 44.6 Å². The normalized spacial score (nSPS) is 17.9. The molecule has 1 aliphatic heterocycles. The fraction of sp³-hybridized carbons (Fsp3) is 0.769. The minimum absolute atomic E-state index is 0.00477. The van der Waals surface area contributed by atoms with Gasteiger partial charge in [0.05, 0.1) is 5.69 Å². The van der Waals surface area contributed by atoms with E-state index < -0.39 is 0 Å². The van der Waals surface area contributed by atoms with Crippen LogP contribution < -0.4 is 5.32 Å². The van der Waals surface area contributed by atoms with Crippen molar-refractivity contribution in [2.45, 2.75) is 52.1 Å². The molecule has 19 heavy (non-hydrogen) atoms. The van der Waals surface area contributed by atoms with E-state index in [1.54, 1.807) is 0 Å². The van der Waals surface area contributed by atoms with Gasteiger partial charge in [-0.15, -0.1) is 5.10 Å². The second-order valence-corrected chi connectivity index (χ2v) is 6.03. The minimum atomic E-state index is -0.00477. The molecule has 1 fully saturated rings. The van der Waals surface area contributed by atoms with Crippen molar-refractivity contribution in [2.75, 3.05) is 13.1 Å². The van der Waals surface area contributed by atoms with E-state index in [1.165, 1.54) is 11.5 Å². The Morgan fingerprint density at radius 1 is 1.47 bits per heavy atom. The first kappa shape index (κ1) is 14.4. The highest BCUT2D eigenvalue weighted by Crippen LogP contribution is 2.15. The van der Waals surface area contributed by atoms with Crippen LogP contribution in [0.15, 0.2) is 0 Å². The highest BCUT2D eigenvalue weighted by atomic mass is 32.1. The molecule has 0 unspecified atom stereocenters. The number of piperidine rings is 1. The van der Waals surface area contributed by atoms with Gasteiger partial charge in [-0.3, -0.25) is 4.79 Å². The third-order valence-electron chi connectivity index (χ3n) is 3.69.